The van der Waals surface area contributed by atoms with Crippen LogP contribution in [0.4, 0.5) is 0 Å². The molecule has 0 bridgehead atoms. The average Bonchev–Trinajstić information content (AvgIpc) is 2.71. The molecular formula is C28H52O5. The van der Waals surface area contributed by atoms with Gasteiger partial charge in [0.25, 0.3) is 0 Å². The Kier molecular flexibility index (Phi) is 19.5. The van der Waals surface area contributed by atoms with Crippen molar-refractivity contribution in [2.75, 3.05) is 0 Å². The monoisotopic (exact) mass is 468 g/mol. The first-order valence-electron chi connectivity index (χ1n) is 13.5. The Morgan fingerprint density at radius 2 is 1.15 bits per heavy atom. The standard InChI is InChI=1S/C28H52O5/c1-6-7-8-9-10-11-12-13-14-15-16-17-18-19-20-21-22-28(32-24(2)3,33-25(4)5)26(29)23-27(30)31/h13-14,24-25H,6-12,15-23H2,1-5H3,(H,30,31)/b14-13-. The van der Waals surface area contributed by atoms with Gasteiger partial charge in [0, 0.05) is 6.42 Å². The first kappa shape index (κ1) is 31.8. The van der Waals surface area contributed by atoms with E-state index in [1.165, 1.54) is 64.2 Å². The van der Waals surface area contributed by atoms with Crippen LogP contribution < -0.4 is 0 Å². The first-order chi connectivity index (χ1) is 15.7. The third kappa shape index (κ3) is 17.9. The number of allylic oxidation sites excluding steroid dienone is 2. The minimum Gasteiger partial charge on any atom is -0.481 e. The van der Waals surface area contributed by atoms with Gasteiger partial charge < -0.3 is 14.6 Å². The van der Waals surface area contributed by atoms with Crippen molar-refractivity contribution in [3.63, 3.8) is 0 Å². The Morgan fingerprint density at radius 3 is 1.58 bits per heavy atom. The molecule has 0 aromatic rings. The van der Waals surface area contributed by atoms with Crippen molar-refractivity contribution in [2.45, 2.75) is 155 Å². The number of aliphatic carboxylic acids is 1. The molecule has 0 amide bonds. The van der Waals surface area contributed by atoms with Gasteiger partial charge in [0.2, 0.25) is 11.6 Å². The van der Waals surface area contributed by atoms with E-state index in [9.17, 15) is 9.59 Å². The minimum absolute atomic E-state index is 0.226. The zero-order valence-corrected chi connectivity index (χ0v) is 22.2. The van der Waals surface area contributed by atoms with Gasteiger partial charge in [-0.05, 0) is 59.8 Å². The number of Topliss-reactive ketones (excluding diaryl/α,β-unsaturated/α-hetero) is 1. The number of ketones is 1. The average molecular weight is 469 g/mol. The molecular weight excluding hydrogens is 416 g/mol. The second kappa shape index (κ2) is 20.2. The third-order valence-electron chi connectivity index (χ3n) is 5.61. The van der Waals surface area contributed by atoms with E-state index >= 15 is 0 Å². The lowest BCUT2D eigenvalue weighted by molar-refractivity contribution is -0.258. The fourth-order valence-electron chi connectivity index (χ4n) is 4.06. The van der Waals surface area contributed by atoms with Crippen LogP contribution in [0, 0.1) is 0 Å². The maximum Gasteiger partial charge on any atom is 0.311 e. The van der Waals surface area contributed by atoms with Gasteiger partial charge in [-0.25, -0.2) is 0 Å². The second-order valence-corrected chi connectivity index (χ2v) is 9.77. The molecule has 0 unspecified atom stereocenters. The molecule has 1 N–H and O–H groups in total. The number of carboxylic acid groups (broad SMARTS) is 1. The maximum absolute atomic E-state index is 12.7. The number of rotatable bonds is 23. The summed E-state index contributed by atoms with van der Waals surface area (Å²) in [5.74, 6) is -3.10. The molecule has 0 aliphatic carbocycles. The van der Waals surface area contributed by atoms with E-state index < -0.39 is 24.0 Å². The van der Waals surface area contributed by atoms with Crippen molar-refractivity contribution < 1.29 is 24.2 Å². The van der Waals surface area contributed by atoms with Gasteiger partial charge in [-0.1, -0.05) is 76.9 Å². The van der Waals surface area contributed by atoms with Gasteiger partial charge in [0.05, 0.1) is 12.2 Å². The van der Waals surface area contributed by atoms with Crippen LogP contribution in [0.2, 0.25) is 0 Å². The molecule has 0 aromatic heterocycles. The highest BCUT2D eigenvalue weighted by atomic mass is 16.7. The molecule has 0 saturated carbocycles. The van der Waals surface area contributed by atoms with Gasteiger partial charge >= 0.3 is 5.97 Å². The van der Waals surface area contributed by atoms with Crippen molar-refractivity contribution in [3.8, 4) is 0 Å². The van der Waals surface area contributed by atoms with Crippen LogP contribution in [0.5, 0.6) is 0 Å². The summed E-state index contributed by atoms with van der Waals surface area (Å²) in [7, 11) is 0. The van der Waals surface area contributed by atoms with E-state index in [1.807, 2.05) is 27.7 Å². The summed E-state index contributed by atoms with van der Waals surface area (Å²) >= 11 is 0. The lowest BCUT2D eigenvalue weighted by atomic mass is 9.99. The van der Waals surface area contributed by atoms with Gasteiger partial charge in [-0.15, -0.1) is 0 Å². The largest absolute Gasteiger partial charge is 0.481 e. The number of carboxylic acids is 1. The number of carbonyl (C=O) groups is 2. The summed E-state index contributed by atoms with van der Waals surface area (Å²) in [6.07, 6.45) is 21.0. The molecule has 33 heavy (non-hydrogen) atoms. The van der Waals surface area contributed by atoms with E-state index in [1.54, 1.807) is 0 Å². The topological polar surface area (TPSA) is 72.8 Å². The SMILES string of the molecule is CCCCCCCC/C=C\CCCCCCCCC(OC(C)C)(OC(C)C)C(=O)CC(=O)O. The van der Waals surface area contributed by atoms with Gasteiger partial charge in [0.15, 0.2) is 0 Å². The van der Waals surface area contributed by atoms with Crippen molar-refractivity contribution in [3.05, 3.63) is 12.2 Å². The Bertz CT molecular complexity index is 514. The van der Waals surface area contributed by atoms with E-state index in [-0.39, 0.29) is 12.2 Å². The molecule has 5 heteroatoms. The molecule has 0 aliphatic rings. The minimum atomic E-state index is -1.46. The fraction of sp³-hybridized carbons (Fsp3) is 0.857. The third-order valence-corrected chi connectivity index (χ3v) is 5.61. The number of unbranched alkanes of at least 4 members (excludes halogenated alkanes) is 12. The van der Waals surface area contributed by atoms with Gasteiger partial charge in [-0.2, -0.15) is 0 Å². The first-order valence-corrected chi connectivity index (χ1v) is 13.5. The molecule has 5 nitrogen and oxygen atoms in total. The molecule has 194 valence electrons. The lowest BCUT2D eigenvalue weighted by Gasteiger charge is -2.35. The summed E-state index contributed by atoms with van der Waals surface area (Å²) < 4.78 is 11.8. The van der Waals surface area contributed by atoms with Crippen LogP contribution in [-0.2, 0) is 19.1 Å². The van der Waals surface area contributed by atoms with E-state index in [0.717, 1.165) is 25.7 Å². The Balaban J connectivity index is 4.13. The highest BCUT2D eigenvalue weighted by Gasteiger charge is 2.42. The van der Waals surface area contributed by atoms with E-state index in [0.29, 0.717) is 6.42 Å². The predicted molar refractivity (Wildman–Crippen MR) is 137 cm³/mol. The van der Waals surface area contributed by atoms with Crippen LogP contribution >= 0.6 is 0 Å². The normalized spacial score (nSPS) is 12.3. The molecule has 0 aliphatic heterocycles. The van der Waals surface area contributed by atoms with Crippen molar-refractivity contribution in [1.82, 2.24) is 0 Å². The van der Waals surface area contributed by atoms with Crippen molar-refractivity contribution in [2.24, 2.45) is 0 Å². The molecule has 0 spiro atoms. The van der Waals surface area contributed by atoms with Crippen LogP contribution in [0.25, 0.3) is 0 Å². The molecule has 0 atom stereocenters. The van der Waals surface area contributed by atoms with Crippen LogP contribution in [-0.4, -0.2) is 34.9 Å². The Hall–Kier alpha value is -1.20. The summed E-state index contributed by atoms with van der Waals surface area (Å²) in [5, 5.41) is 9.09. The highest BCUT2D eigenvalue weighted by Crippen LogP contribution is 2.28. The highest BCUT2D eigenvalue weighted by molar-refractivity contribution is 5.98. The number of carbonyl (C=O) groups excluding carboxylic acids is 1. The van der Waals surface area contributed by atoms with E-state index in [4.69, 9.17) is 14.6 Å². The zero-order valence-electron chi connectivity index (χ0n) is 22.2. The lowest BCUT2D eigenvalue weighted by Crippen LogP contribution is -2.48. The summed E-state index contributed by atoms with van der Waals surface area (Å²) in [4.78, 5) is 23.8. The van der Waals surface area contributed by atoms with E-state index in [2.05, 4.69) is 19.1 Å². The van der Waals surface area contributed by atoms with Crippen molar-refractivity contribution in [1.29, 1.82) is 0 Å². The van der Waals surface area contributed by atoms with Crippen LogP contribution in [0.3, 0.4) is 0 Å². The smallest absolute Gasteiger partial charge is 0.311 e. The zero-order chi connectivity index (χ0) is 25.0. The molecule has 0 fully saturated rings. The van der Waals surface area contributed by atoms with Crippen LogP contribution in [0.15, 0.2) is 12.2 Å². The Morgan fingerprint density at radius 1 is 0.727 bits per heavy atom. The molecule has 0 rings (SSSR count). The molecule has 0 radical (unpaired) electrons. The van der Waals surface area contributed by atoms with Gasteiger partial charge in [0.1, 0.15) is 6.42 Å². The number of hydrogen-bond donors (Lipinski definition) is 1. The summed E-state index contributed by atoms with van der Waals surface area (Å²) in [6.45, 7) is 9.62. The predicted octanol–water partition coefficient (Wildman–Crippen LogP) is 8.00. The maximum atomic E-state index is 12.7. The van der Waals surface area contributed by atoms with Gasteiger partial charge in [-0.3, -0.25) is 9.59 Å². The fourth-order valence-corrected chi connectivity index (χ4v) is 4.06. The summed E-state index contributed by atoms with van der Waals surface area (Å²) in [5.41, 5.74) is 0. The summed E-state index contributed by atoms with van der Waals surface area (Å²) in [6, 6.07) is 0. The molecule has 0 saturated heterocycles. The molecule has 0 heterocycles. The second-order valence-electron chi connectivity index (χ2n) is 9.77. The quantitative estimate of drug-likeness (QED) is 0.0711. The van der Waals surface area contributed by atoms with Crippen molar-refractivity contribution >= 4 is 11.8 Å². The van der Waals surface area contributed by atoms with Crippen LogP contribution in [0.1, 0.15) is 137 Å². The Labute approximate surface area is 203 Å². The molecule has 0 aromatic carbocycles. The number of hydrogen-bond acceptors (Lipinski definition) is 4. The number of ether oxygens (including phenoxy) is 2.